The maximum atomic E-state index is 2.55. The van der Waals surface area contributed by atoms with Gasteiger partial charge in [-0.1, -0.05) is 162 Å². The van der Waals surface area contributed by atoms with Gasteiger partial charge in [0.25, 0.3) is 0 Å². The Bertz CT molecular complexity index is 3950. The number of hydrogen-bond donors (Lipinski definition) is 0. The average Bonchev–Trinajstić information content (AvgIpc) is 3.96. The van der Waals surface area contributed by atoms with Crippen molar-refractivity contribution in [3.05, 3.63) is 186 Å². The van der Waals surface area contributed by atoms with Crippen molar-refractivity contribution in [2.24, 2.45) is 0 Å². The molecular formula is C68H63N3. The number of rotatable bonds is 3. The number of hydrogen-bond acceptors (Lipinski definition) is 0. The van der Waals surface area contributed by atoms with E-state index in [1.807, 2.05) is 0 Å². The topological polar surface area (TPSA) is 14.8 Å². The lowest BCUT2D eigenvalue weighted by Crippen LogP contribution is -2.10. The Labute approximate surface area is 417 Å². The maximum Gasteiger partial charge on any atom is 0.0561 e. The van der Waals surface area contributed by atoms with Crippen molar-refractivity contribution in [3.63, 3.8) is 0 Å². The van der Waals surface area contributed by atoms with E-state index < -0.39 is 0 Å². The van der Waals surface area contributed by atoms with E-state index in [0.29, 0.717) is 0 Å². The van der Waals surface area contributed by atoms with E-state index in [9.17, 15) is 0 Å². The summed E-state index contributed by atoms with van der Waals surface area (Å²) in [6.45, 7) is 27.8. The summed E-state index contributed by atoms with van der Waals surface area (Å²) in [6, 6.07) is 63.7. The minimum Gasteiger partial charge on any atom is -0.309 e. The summed E-state index contributed by atoms with van der Waals surface area (Å²) in [7, 11) is 0. The summed E-state index contributed by atoms with van der Waals surface area (Å²) >= 11 is 0. The highest BCUT2D eigenvalue weighted by molar-refractivity contribution is 6.24. The predicted molar refractivity (Wildman–Crippen MR) is 308 cm³/mol. The molecule has 0 saturated carbocycles. The van der Waals surface area contributed by atoms with Crippen molar-refractivity contribution < 1.29 is 0 Å². The van der Waals surface area contributed by atoms with Gasteiger partial charge < -0.3 is 13.7 Å². The van der Waals surface area contributed by atoms with Crippen LogP contribution in [0.5, 0.6) is 0 Å². The van der Waals surface area contributed by atoms with E-state index in [4.69, 9.17) is 0 Å². The Kier molecular flexibility index (Phi) is 8.98. The van der Waals surface area contributed by atoms with Gasteiger partial charge in [-0.2, -0.15) is 0 Å². The minimum atomic E-state index is 0.0230. The van der Waals surface area contributed by atoms with Crippen LogP contribution in [0.15, 0.2) is 164 Å². The fourth-order valence-corrected chi connectivity index (χ4v) is 11.9. The van der Waals surface area contributed by atoms with Crippen LogP contribution < -0.4 is 0 Å². The molecule has 3 heterocycles. The van der Waals surface area contributed by atoms with E-state index in [2.05, 4.69) is 261 Å². The molecule has 0 atom stereocenters. The van der Waals surface area contributed by atoms with Gasteiger partial charge in [0.15, 0.2) is 0 Å². The molecule has 0 aliphatic carbocycles. The summed E-state index contributed by atoms with van der Waals surface area (Å²) in [5, 5.41) is 15.4. The van der Waals surface area contributed by atoms with Gasteiger partial charge in [0, 0.05) is 49.4 Å². The number of fused-ring (bicyclic) bond motifs is 9. The second-order valence-electron chi connectivity index (χ2n) is 24.8. The minimum absolute atomic E-state index is 0.0230. The van der Waals surface area contributed by atoms with E-state index >= 15 is 0 Å². The zero-order valence-electron chi connectivity index (χ0n) is 43.4. The van der Waals surface area contributed by atoms with Crippen molar-refractivity contribution in [1.29, 1.82) is 0 Å². The van der Waals surface area contributed by atoms with Crippen molar-refractivity contribution in [2.45, 2.75) is 105 Å². The lowest BCUT2D eigenvalue weighted by atomic mass is 9.85. The molecule has 0 unspecified atom stereocenters. The summed E-state index contributed by atoms with van der Waals surface area (Å²) < 4.78 is 7.57. The third-order valence-electron chi connectivity index (χ3n) is 16.0. The Hall–Kier alpha value is -7.36. The quantitative estimate of drug-likeness (QED) is 0.157. The SMILES string of the molecule is CC(C)(C)c1ccc2c(c1)c1cc(C(C)(C)C)ccc1n2-c1ccc2c3ccc(-n4c5ccc(C(C)(C)C)cc5c5cc(C(C)(C)C)ccc54)cc3n(-c3cc4ccc5cccc6ccc(c3)c4c56)c2c1. The van der Waals surface area contributed by atoms with Crippen molar-refractivity contribution >= 4 is 97.7 Å². The summed E-state index contributed by atoms with van der Waals surface area (Å²) in [5.74, 6) is 0. The van der Waals surface area contributed by atoms with Crippen LogP contribution in [0, 0.1) is 0 Å². The molecule has 3 heteroatoms. The monoisotopic (exact) mass is 922 g/mol. The van der Waals surface area contributed by atoms with E-state index in [1.165, 1.54) is 120 Å². The molecule has 0 amide bonds. The Morgan fingerprint density at radius 1 is 0.239 bits per heavy atom. The molecule has 0 bridgehead atoms. The van der Waals surface area contributed by atoms with E-state index in [1.54, 1.807) is 0 Å². The van der Waals surface area contributed by atoms with Crippen LogP contribution in [0.3, 0.4) is 0 Å². The van der Waals surface area contributed by atoms with Gasteiger partial charge in [-0.15, -0.1) is 0 Å². The fourth-order valence-electron chi connectivity index (χ4n) is 11.9. The van der Waals surface area contributed by atoms with Gasteiger partial charge in [-0.05, 0) is 161 Å². The van der Waals surface area contributed by atoms with Crippen LogP contribution in [0.4, 0.5) is 0 Å². The highest BCUT2D eigenvalue weighted by Crippen LogP contribution is 2.44. The molecule has 0 spiro atoms. The van der Waals surface area contributed by atoms with Crippen LogP contribution in [0.2, 0.25) is 0 Å². The zero-order valence-corrected chi connectivity index (χ0v) is 43.4. The molecule has 0 radical (unpaired) electrons. The van der Waals surface area contributed by atoms with Crippen LogP contribution >= 0.6 is 0 Å². The Morgan fingerprint density at radius 2 is 0.549 bits per heavy atom. The highest BCUT2D eigenvalue weighted by Gasteiger charge is 2.25. The first kappa shape index (κ1) is 43.6. The lowest BCUT2D eigenvalue weighted by Gasteiger charge is -2.19. The molecule has 3 aromatic heterocycles. The van der Waals surface area contributed by atoms with Gasteiger partial charge >= 0.3 is 0 Å². The molecule has 71 heavy (non-hydrogen) atoms. The molecular weight excluding hydrogens is 859 g/mol. The van der Waals surface area contributed by atoms with Crippen molar-refractivity contribution in [3.8, 4) is 17.1 Å². The van der Waals surface area contributed by atoms with Crippen LogP contribution in [0.25, 0.3) is 115 Å². The third-order valence-corrected chi connectivity index (χ3v) is 16.0. The molecule has 13 aromatic rings. The van der Waals surface area contributed by atoms with Gasteiger partial charge in [-0.3, -0.25) is 0 Å². The molecule has 0 N–H and O–H groups in total. The molecule has 3 nitrogen and oxygen atoms in total. The normalized spacial score (nSPS) is 13.4. The number of nitrogens with zero attached hydrogens (tertiary/aromatic N) is 3. The largest absolute Gasteiger partial charge is 0.309 e. The third kappa shape index (κ3) is 6.61. The van der Waals surface area contributed by atoms with Gasteiger partial charge in [-0.25, -0.2) is 0 Å². The zero-order chi connectivity index (χ0) is 49.3. The molecule has 0 aliphatic rings. The molecule has 13 rings (SSSR count). The molecule has 10 aromatic carbocycles. The van der Waals surface area contributed by atoms with Crippen LogP contribution in [0.1, 0.15) is 105 Å². The van der Waals surface area contributed by atoms with E-state index in [0.717, 1.165) is 17.1 Å². The fraction of sp³-hybridized carbons (Fsp3) is 0.235. The first-order chi connectivity index (χ1) is 33.7. The van der Waals surface area contributed by atoms with Gasteiger partial charge in [0.05, 0.1) is 33.1 Å². The Morgan fingerprint density at radius 3 is 0.887 bits per heavy atom. The summed E-state index contributed by atoms with van der Waals surface area (Å²) in [6.07, 6.45) is 0. The van der Waals surface area contributed by atoms with E-state index in [-0.39, 0.29) is 21.7 Å². The first-order valence-electron chi connectivity index (χ1n) is 25.7. The Balaban J connectivity index is 1.12. The molecule has 0 saturated heterocycles. The summed E-state index contributed by atoms with van der Waals surface area (Å²) in [4.78, 5) is 0. The number of benzene rings is 10. The first-order valence-corrected chi connectivity index (χ1v) is 25.7. The van der Waals surface area contributed by atoms with Crippen LogP contribution in [-0.4, -0.2) is 13.7 Å². The smallest absolute Gasteiger partial charge is 0.0561 e. The van der Waals surface area contributed by atoms with Gasteiger partial charge in [0.1, 0.15) is 0 Å². The van der Waals surface area contributed by atoms with Crippen LogP contribution in [-0.2, 0) is 21.7 Å². The number of aromatic nitrogens is 3. The maximum absolute atomic E-state index is 2.55. The second-order valence-corrected chi connectivity index (χ2v) is 24.8. The second kappa shape index (κ2) is 14.6. The standard InChI is InChI=1S/C68H63N3/c1-65(2,3)44-20-28-57-53(34-44)54-35-45(66(4,5)6)21-29-58(54)69(57)48-24-26-51-52-27-25-49(70-59-30-22-46(67(7,8)9)36-55(59)56-37-47(68(10,11)12)23-31-60(56)70)39-62(52)71(61(51)38-48)50-32-42-18-16-40-14-13-15-41-17-19-43(33-50)64(42)63(40)41/h13-39H,1-12H3. The molecule has 0 fully saturated rings. The van der Waals surface area contributed by atoms with Crippen molar-refractivity contribution in [1.82, 2.24) is 13.7 Å². The van der Waals surface area contributed by atoms with Crippen molar-refractivity contribution in [2.75, 3.05) is 0 Å². The molecule has 350 valence electrons. The molecule has 0 aliphatic heterocycles. The average molecular weight is 922 g/mol. The predicted octanol–water partition coefficient (Wildman–Crippen LogP) is 19.1. The lowest BCUT2D eigenvalue weighted by molar-refractivity contribution is 0.590. The highest BCUT2D eigenvalue weighted by atomic mass is 15.0. The summed E-state index contributed by atoms with van der Waals surface area (Å²) in [5.41, 5.74) is 16.2. The van der Waals surface area contributed by atoms with Gasteiger partial charge in [0.2, 0.25) is 0 Å².